The van der Waals surface area contributed by atoms with E-state index in [1.165, 1.54) is 30.7 Å². The zero-order chi connectivity index (χ0) is 20.4. The van der Waals surface area contributed by atoms with Gasteiger partial charge in [-0.05, 0) is 43.1 Å². The van der Waals surface area contributed by atoms with Crippen LogP contribution in [-0.2, 0) is 20.7 Å². The van der Waals surface area contributed by atoms with Crippen LogP contribution in [0, 0.1) is 5.92 Å². The SMILES string of the molecule is O=C(N[C@@H](Cc1ccc(O)cc1)C(=O)C1CCNC2C(=O)COC12)c1ccoc1. The Labute approximate surface area is 167 Å². The van der Waals surface area contributed by atoms with Crippen LogP contribution in [0.25, 0.3) is 0 Å². The molecule has 1 amide bonds. The predicted octanol–water partition coefficient (Wildman–Crippen LogP) is 0.841. The van der Waals surface area contributed by atoms with E-state index in [0.29, 0.717) is 18.5 Å². The average Bonchev–Trinajstić information content (AvgIpc) is 3.39. The maximum atomic E-state index is 13.4. The van der Waals surface area contributed by atoms with Crippen molar-refractivity contribution < 1.29 is 28.6 Å². The van der Waals surface area contributed by atoms with Crippen molar-refractivity contribution in [2.75, 3.05) is 13.2 Å². The Morgan fingerprint density at radius 2 is 2.03 bits per heavy atom. The molecule has 2 aliphatic rings. The monoisotopic (exact) mass is 398 g/mol. The lowest BCUT2D eigenvalue weighted by molar-refractivity contribution is -0.130. The fourth-order valence-electron chi connectivity index (χ4n) is 3.97. The summed E-state index contributed by atoms with van der Waals surface area (Å²) >= 11 is 0. The Balaban J connectivity index is 1.56. The number of benzene rings is 1. The van der Waals surface area contributed by atoms with Crippen LogP contribution in [0.2, 0.25) is 0 Å². The van der Waals surface area contributed by atoms with Gasteiger partial charge in [-0.15, -0.1) is 0 Å². The maximum Gasteiger partial charge on any atom is 0.255 e. The second-order valence-corrected chi connectivity index (χ2v) is 7.38. The number of rotatable bonds is 6. The smallest absolute Gasteiger partial charge is 0.255 e. The number of amides is 1. The molecule has 3 heterocycles. The number of fused-ring (bicyclic) bond motifs is 1. The minimum atomic E-state index is -0.801. The molecule has 8 heteroatoms. The molecule has 2 aromatic rings. The maximum absolute atomic E-state index is 13.4. The van der Waals surface area contributed by atoms with Crippen molar-refractivity contribution in [2.24, 2.45) is 5.92 Å². The molecule has 0 spiro atoms. The van der Waals surface area contributed by atoms with Crippen molar-refractivity contribution in [1.82, 2.24) is 10.6 Å². The highest BCUT2D eigenvalue weighted by Gasteiger charge is 2.47. The zero-order valence-electron chi connectivity index (χ0n) is 15.7. The van der Waals surface area contributed by atoms with E-state index in [1.54, 1.807) is 12.1 Å². The number of furan rings is 1. The molecular formula is C21H22N2O6. The summed E-state index contributed by atoms with van der Waals surface area (Å²) in [4.78, 5) is 38.0. The standard InChI is InChI=1S/C21H22N2O6/c24-14-3-1-12(2-4-14)9-16(23-21(27)13-6-8-28-10-13)19(26)15-5-7-22-18-17(25)11-29-20(15)18/h1-4,6,8,10,15-16,18,20,22,24H,5,7,9,11H2,(H,23,27)/t15?,16-,18?,20?/m0/s1. The highest BCUT2D eigenvalue weighted by molar-refractivity contribution is 5.99. The summed E-state index contributed by atoms with van der Waals surface area (Å²) in [6.45, 7) is 0.532. The molecule has 8 nitrogen and oxygen atoms in total. The second-order valence-electron chi connectivity index (χ2n) is 7.38. The van der Waals surface area contributed by atoms with E-state index in [2.05, 4.69) is 10.6 Å². The van der Waals surface area contributed by atoms with Crippen molar-refractivity contribution in [2.45, 2.75) is 31.0 Å². The Morgan fingerprint density at radius 3 is 2.76 bits per heavy atom. The van der Waals surface area contributed by atoms with Gasteiger partial charge in [0.25, 0.3) is 5.91 Å². The van der Waals surface area contributed by atoms with Gasteiger partial charge in [-0.3, -0.25) is 14.4 Å². The Kier molecular flexibility index (Phi) is 5.46. The summed E-state index contributed by atoms with van der Waals surface area (Å²) < 4.78 is 10.6. The lowest BCUT2D eigenvalue weighted by Crippen LogP contribution is -2.56. The largest absolute Gasteiger partial charge is 0.508 e. The molecular weight excluding hydrogens is 376 g/mol. The zero-order valence-corrected chi connectivity index (χ0v) is 15.7. The molecule has 2 saturated heterocycles. The number of nitrogens with one attached hydrogen (secondary N) is 2. The molecule has 0 saturated carbocycles. The minimum Gasteiger partial charge on any atom is -0.508 e. The summed E-state index contributed by atoms with van der Waals surface area (Å²) in [5, 5.41) is 15.4. The number of hydrogen-bond donors (Lipinski definition) is 3. The van der Waals surface area contributed by atoms with E-state index in [0.717, 1.165) is 5.56 Å². The van der Waals surface area contributed by atoms with Gasteiger partial charge in [0.15, 0.2) is 11.6 Å². The van der Waals surface area contributed by atoms with E-state index >= 15 is 0 Å². The molecule has 152 valence electrons. The highest BCUT2D eigenvalue weighted by Crippen LogP contribution is 2.28. The topological polar surface area (TPSA) is 118 Å². The third-order valence-corrected chi connectivity index (χ3v) is 5.48. The van der Waals surface area contributed by atoms with Gasteiger partial charge in [0.1, 0.15) is 18.6 Å². The van der Waals surface area contributed by atoms with E-state index in [4.69, 9.17) is 9.15 Å². The van der Waals surface area contributed by atoms with Crippen LogP contribution in [-0.4, -0.2) is 53.9 Å². The summed E-state index contributed by atoms with van der Waals surface area (Å²) in [5.74, 6) is -0.992. The molecule has 3 N–H and O–H groups in total. The molecule has 2 fully saturated rings. The first-order valence-corrected chi connectivity index (χ1v) is 9.55. The molecule has 3 unspecified atom stereocenters. The molecule has 4 atom stereocenters. The average molecular weight is 398 g/mol. The minimum absolute atomic E-state index is 0.00385. The van der Waals surface area contributed by atoms with Gasteiger partial charge in [-0.1, -0.05) is 12.1 Å². The van der Waals surface area contributed by atoms with Gasteiger partial charge in [-0.25, -0.2) is 0 Å². The summed E-state index contributed by atoms with van der Waals surface area (Å²) in [5.41, 5.74) is 1.12. The first-order chi connectivity index (χ1) is 14.0. The highest BCUT2D eigenvalue weighted by atomic mass is 16.5. The number of aromatic hydroxyl groups is 1. The number of hydrogen-bond acceptors (Lipinski definition) is 7. The number of Topliss-reactive ketones (excluding diaryl/α,β-unsaturated/α-hetero) is 2. The lowest BCUT2D eigenvalue weighted by atomic mass is 9.82. The lowest BCUT2D eigenvalue weighted by Gasteiger charge is -2.33. The molecule has 4 rings (SSSR count). The number of ether oxygens (including phenoxy) is 1. The third kappa shape index (κ3) is 4.08. The number of piperidine rings is 1. The molecule has 0 bridgehead atoms. The van der Waals surface area contributed by atoms with Gasteiger partial charge in [-0.2, -0.15) is 0 Å². The van der Waals surface area contributed by atoms with Crippen molar-refractivity contribution in [3.05, 3.63) is 54.0 Å². The van der Waals surface area contributed by atoms with Crippen LogP contribution in [0.4, 0.5) is 0 Å². The van der Waals surface area contributed by atoms with Crippen LogP contribution < -0.4 is 10.6 Å². The van der Waals surface area contributed by atoms with Gasteiger partial charge < -0.3 is 24.9 Å². The quantitative estimate of drug-likeness (QED) is 0.660. The molecule has 29 heavy (non-hydrogen) atoms. The van der Waals surface area contributed by atoms with Crippen molar-refractivity contribution in [3.63, 3.8) is 0 Å². The number of phenols is 1. The summed E-state index contributed by atoms with van der Waals surface area (Å²) in [7, 11) is 0. The molecule has 1 aromatic carbocycles. The van der Waals surface area contributed by atoms with Crippen LogP contribution in [0.3, 0.4) is 0 Å². The van der Waals surface area contributed by atoms with E-state index in [-0.39, 0.29) is 30.3 Å². The van der Waals surface area contributed by atoms with Crippen LogP contribution in [0.5, 0.6) is 5.75 Å². The van der Waals surface area contributed by atoms with Gasteiger partial charge in [0, 0.05) is 5.92 Å². The third-order valence-electron chi connectivity index (χ3n) is 5.48. The van der Waals surface area contributed by atoms with Crippen molar-refractivity contribution >= 4 is 17.5 Å². The number of carbonyl (C=O) groups is 3. The summed E-state index contributed by atoms with van der Waals surface area (Å²) in [6.07, 6.45) is 2.98. The fourth-order valence-corrected chi connectivity index (χ4v) is 3.97. The predicted molar refractivity (Wildman–Crippen MR) is 101 cm³/mol. The van der Waals surface area contributed by atoms with E-state index in [9.17, 15) is 19.5 Å². The Morgan fingerprint density at radius 1 is 1.24 bits per heavy atom. The van der Waals surface area contributed by atoms with Gasteiger partial charge >= 0.3 is 0 Å². The summed E-state index contributed by atoms with van der Waals surface area (Å²) in [6, 6.07) is 6.74. The molecule has 0 radical (unpaired) electrons. The van der Waals surface area contributed by atoms with Crippen LogP contribution >= 0.6 is 0 Å². The van der Waals surface area contributed by atoms with Gasteiger partial charge in [0.05, 0.1) is 30.0 Å². The van der Waals surface area contributed by atoms with Crippen LogP contribution in [0.1, 0.15) is 22.3 Å². The van der Waals surface area contributed by atoms with E-state index < -0.39 is 30.0 Å². The van der Waals surface area contributed by atoms with Crippen molar-refractivity contribution in [3.8, 4) is 5.75 Å². The number of ketones is 2. The molecule has 0 aliphatic carbocycles. The molecule has 1 aromatic heterocycles. The first kappa shape index (κ1) is 19.4. The number of phenolic OH excluding ortho intramolecular Hbond substituents is 1. The number of carbonyl (C=O) groups excluding carboxylic acids is 3. The second kappa shape index (κ2) is 8.18. The van der Waals surface area contributed by atoms with Crippen LogP contribution in [0.15, 0.2) is 47.3 Å². The Bertz CT molecular complexity index is 892. The van der Waals surface area contributed by atoms with Crippen molar-refractivity contribution in [1.29, 1.82) is 0 Å². The van der Waals surface area contributed by atoms with E-state index in [1.807, 2.05) is 0 Å². The fraction of sp³-hybridized carbons (Fsp3) is 0.381. The van der Waals surface area contributed by atoms with Gasteiger partial charge in [0.2, 0.25) is 0 Å². The normalized spacial score (nSPS) is 24.7. The Hall–Kier alpha value is -2.97. The molecule has 2 aliphatic heterocycles. The first-order valence-electron chi connectivity index (χ1n) is 9.55.